The van der Waals surface area contributed by atoms with E-state index in [9.17, 15) is 4.79 Å². The Morgan fingerprint density at radius 2 is 1.81 bits per heavy atom. The first-order valence-corrected chi connectivity index (χ1v) is 8.47. The van der Waals surface area contributed by atoms with Crippen LogP contribution in [0.4, 0.5) is 5.69 Å². The molecule has 0 spiro atoms. The zero-order chi connectivity index (χ0) is 18.5. The second kappa shape index (κ2) is 7.82. The topological polar surface area (TPSA) is 77.2 Å². The zero-order valence-electron chi connectivity index (χ0n) is 15.0. The molecule has 26 heavy (non-hydrogen) atoms. The summed E-state index contributed by atoms with van der Waals surface area (Å²) in [5.74, 6) is 1.15. The SMILES string of the molecule is CC(Oc1ccc(-c2nnco2)cc1)C(=O)Nc1ccccc1C(C)C. The van der Waals surface area contributed by atoms with E-state index >= 15 is 0 Å². The number of nitrogens with one attached hydrogen (secondary N) is 1. The van der Waals surface area contributed by atoms with Crippen LogP contribution >= 0.6 is 0 Å². The van der Waals surface area contributed by atoms with Crippen LogP contribution in [-0.2, 0) is 4.79 Å². The van der Waals surface area contributed by atoms with Crippen molar-refractivity contribution in [1.82, 2.24) is 10.2 Å². The van der Waals surface area contributed by atoms with Gasteiger partial charge in [0.25, 0.3) is 5.91 Å². The molecular weight excluding hydrogens is 330 g/mol. The summed E-state index contributed by atoms with van der Waals surface area (Å²) in [6, 6.07) is 14.9. The van der Waals surface area contributed by atoms with Gasteiger partial charge in [-0.25, -0.2) is 0 Å². The minimum absolute atomic E-state index is 0.195. The molecule has 1 heterocycles. The summed E-state index contributed by atoms with van der Waals surface area (Å²) < 4.78 is 10.9. The molecule has 134 valence electrons. The van der Waals surface area contributed by atoms with Crippen molar-refractivity contribution in [2.75, 3.05) is 5.32 Å². The van der Waals surface area contributed by atoms with Crippen LogP contribution in [0.2, 0.25) is 0 Å². The molecule has 0 aliphatic carbocycles. The van der Waals surface area contributed by atoms with Gasteiger partial charge < -0.3 is 14.5 Å². The van der Waals surface area contributed by atoms with Gasteiger partial charge >= 0.3 is 0 Å². The monoisotopic (exact) mass is 351 g/mol. The fourth-order valence-electron chi connectivity index (χ4n) is 2.58. The Hall–Kier alpha value is -3.15. The molecular formula is C20H21N3O3. The van der Waals surface area contributed by atoms with E-state index in [2.05, 4.69) is 29.4 Å². The first-order valence-electron chi connectivity index (χ1n) is 8.47. The van der Waals surface area contributed by atoms with Crippen LogP contribution in [0.5, 0.6) is 5.75 Å². The van der Waals surface area contributed by atoms with Crippen LogP contribution < -0.4 is 10.1 Å². The van der Waals surface area contributed by atoms with Crippen LogP contribution in [0.3, 0.4) is 0 Å². The Morgan fingerprint density at radius 1 is 1.08 bits per heavy atom. The standard InChI is InChI=1S/C20H21N3O3/c1-13(2)17-6-4-5-7-18(17)22-19(24)14(3)26-16-10-8-15(9-11-16)20-23-21-12-25-20/h4-14H,1-3H3,(H,22,24). The van der Waals surface area contributed by atoms with Gasteiger partial charge in [-0.05, 0) is 48.7 Å². The van der Waals surface area contributed by atoms with Gasteiger partial charge in [-0.15, -0.1) is 10.2 Å². The number of rotatable bonds is 6. The van der Waals surface area contributed by atoms with Crippen molar-refractivity contribution >= 4 is 11.6 Å². The number of hydrogen-bond donors (Lipinski definition) is 1. The van der Waals surface area contributed by atoms with Crippen molar-refractivity contribution in [3.8, 4) is 17.2 Å². The van der Waals surface area contributed by atoms with Crippen LogP contribution in [0.1, 0.15) is 32.3 Å². The average Bonchev–Trinajstić information content (AvgIpc) is 3.17. The maximum absolute atomic E-state index is 12.5. The molecule has 0 fully saturated rings. The molecule has 0 saturated carbocycles. The van der Waals surface area contributed by atoms with Crippen molar-refractivity contribution < 1.29 is 13.9 Å². The Bertz CT molecular complexity index is 858. The third-order valence-electron chi connectivity index (χ3n) is 3.98. The Labute approximate surface area is 152 Å². The Morgan fingerprint density at radius 3 is 2.46 bits per heavy atom. The second-order valence-corrected chi connectivity index (χ2v) is 6.26. The van der Waals surface area contributed by atoms with Crippen molar-refractivity contribution in [1.29, 1.82) is 0 Å². The summed E-state index contributed by atoms with van der Waals surface area (Å²) in [4.78, 5) is 12.5. The molecule has 6 heteroatoms. The number of aromatic nitrogens is 2. The fraction of sp³-hybridized carbons (Fsp3) is 0.250. The third kappa shape index (κ3) is 4.08. The molecule has 6 nitrogen and oxygen atoms in total. The lowest BCUT2D eigenvalue weighted by Crippen LogP contribution is -2.30. The van der Waals surface area contributed by atoms with E-state index in [1.807, 2.05) is 36.4 Å². The van der Waals surface area contributed by atoms with Crippen molar-refractivity contribution in [2.45, 2.75) is 32.8 Å². The van der Waals surface area contributed by atoms with Gasteiger partial charge in [0.1, 0.15) is 5.75 Å². The molecule has 1 atom stereocenters. The van der Waals surface area contributed by atoms with E-state index in [1.165, 1.54) is 6.39 Å². The normalized spacial score (nSPS) is 12.0. The number of carbonyl (C=O) groups excluding carboxylic acids is 1. The van der Waals surface area contributed by atoms with E-state index in [0.717, 1.165) is 16.8 Å². The summed E-state index contributed by atoms with van der Waals surface area (Å²) in [7, 11) is 0. The van der Waals surface area contributed by atoms with Gasteiger partial charge in [0.2, 0.25) is 12.3 Å². The molecule has 2 aromatic carbocycles. The highest BCUT2D eigenvalue weighted by Gasteiger charge is 2.17. The minimum Gasteiger partial charge on any atom is -0.481 e. The van der Waals surface area contributed by atoms with Crippen LogP contribution in [0.25, 0.3) is 11.5 Å². The number of para-hydroxylation sites is 1. The van der Waals surface area contributed by atoms with Gasteiger partial charge in [-0.1, -0.05) is 32.0 Å². The number of ether oxygens (including phenoxy) is 1. The summed E-state index contributed by atoms with van der Waals surface area (Å²) in [5, 5.41) is 10.5. The highest BCUT2D eigenvalue weighted by molar-refractivity contribution is 5.94. The zero-order valence-corrected chi connectivity index (χ0v) is 15.0. The van der Waals surface area contributed by atoms with Gasteiger partial charge in [0, 0.05) is 11.3 Å². The fourth-order valence-corrected chi connectivity index (χ4v) is 2.58. The van der Waals surface area contributed by atoms with E-state index in [0.29, 0.717) is 17.6 Å². The Balaban J connectivity index is 1.64. The smallest absolute Gasteiger partial charge is 0.265 e. The molecule has 3 aromatic rings. The lowest BCUT2D eigenvalue weighted by molar-refractivity contribution is -0.122. The molecule has 1 N–H and O–H groups in total. The van der Waals surface area contributed by atoms with E-state index in [-0.39, 0.29) is 5.91 Å². The number of amides is 1. The molecule has 1 amide bonds. The molecule has 0 radical (unpaired) electrons. The number of nitrogens with zero attached hydrogens (tertiary/aromatic N) is 2. The highest BCUT2D eigenvalue weighted by Crippen LogP contribution is 2.24. The summed E-state index contributed by atoms with van der Waals surface area (Å²) >= 11 is 0. The summed E-state index contributed by atoms with van der Waals surface area (Å²) in [5.41, 5.74) is 2.70. The Kier molecular flexibility index (Phi) is 5.31. The second-order valence-electron chi connectivity index (χ2n) is 6.26. The van der Waals surface area contributed by atoms with Gasteiger partial charge in [-0.2, -0.15) is 0 Å². The van der Waals surface area contributed by atoms with Crippen LogP contribution in [0.15, 0.2) is 59.3 Å². The lowest BCUT2D eigenvalue weighted by Gasteiger charge is -2.17. The largest absolute Gasteiger partial charge is 0.481 e. The predicted molar refractivity (Wildman–Crippen MR) is 99.0 cm³/mol. The molecule has 0 aliphatic heterocycles. The summed E-state index contributed by atoms with van der Waals surface area (Å²) in [6.07, 6.45) is 0.644. The van der Waals surface area contributed by atoms with Crippen molar-refractivity contribution in [3.63, 3.8) is 0 Å². The lowest BCUT2D eigenvalue weighted by atomic mass is 10.0. The highest BCUT2D eigenvalue weighted by atomic mass is 16.5. The molecule has 3 rings (SSSR count). The first kappa shape index (κ1) is 17.7. The first-order chi connectivity index (χ1) is 12.5. The maximum atomic E-state index is 12.5. The van der Waals surface area contributed by atoms with E-state index in [4.69, 9.17) is 9.15 Å². The molecule has 0 aliphatic rings. The van der Waals surface area contributed by atoms with E-state index < -0.39 is 6.10 Å². The third-order valence-corrected chi connectivity index (χ3v) is 3.98. The molecule has 1 aromatic heterocycles. The van der Waals surface area contributed by atoms with Crippen LogP contribution in [-0.4, -0.2) is 22.2 Å². The van der Waals surface area contributed by atoms with Gasteiger partial charge in [-0.3, -0.25) is 4.79 Å². The molecule has 1 unspecified atom stereocenters. The van der Waals surface area contributed by atoms with Crippen molar-refractivity contribution in [2.24, 2.45) is 0 Å². The van der Waals surface area contributed by atoms with Crippen molar-refractivity contribution in [3.05, 3.63) is 60.5 Å². The van der Waals surface area contributed by atoms with E-state index in [1.54, 1.807) is 19.1 Å². The van der Waals surface area contributed by atoms with Gasteiger partial charge in [0.05, 0.1) is 0 Å². The number of anilines is 1. The predicted octanol–water partition coefficient (Wildman–Crippen LogP) is 4.27. The molecule has 0 saturated heterocycles. The maximum Gasteiger partial charge on any atom is 0.265 e. The molecule has 0 bridgehead atoms. The quantitative estimate of drug-likeness (QED) is 0.718. The number of benzene rings is 2. The van der Waals surface area contributed by atoms with Gasteiger partial charge in [0.15, 0.2) is 6.10 Å². The minimum atomic E-state index is -0.635. The summed E-state index contributed by atoms with van der Waals surface area (Å²) in [6.45, 7) is 5.91. The number of carbonyl (C=O) groups is 1. The number of hydrogen-bond acceptors (Lipinski definition) is 5. The average molecular weight is 351 g/mol. The van der Waals surface area contributed by atoms with Crippen LogP contribution in [0, 0.1) is 0 Å².